The van der Waals surface area contributed by atoms with E-state index in [1.54, 1.807) is 30.3 Å². The van der Waals surface area contributed by atoms with Crippen molar-refractivity contribution < 1.29 is 44.5 Å². The highest BCUT2D eigenvalue weighted by atomic mass is 16.5. The summed E-state index contributed by atoms with van der Waals surface area (Å²) in [5.41, 5.74) is 0.744. The standard InChI is InChI=1S/C17H21N3O9/c21-13(18-9-10-4-2-1-3-5-10)8-12(16(26)27)20(29)17(28)19-11(15(24)25)6-7-14(22)23/h1-5,11-12,29H,6-9H2,(H,18,21)(H,19,28)(H,22,23)(H,24,25)(H,26,27)/t11-,12?/m1/s1. The highest BCUT2D eigenvalue weighted by Crippen LogP contribution is 2.06. The van der Waals surface area contributed by atoms with Crippen molar-refractivity contribution in [3.63, 3.8) is 0 Å². The second kappa shape index (κ2) is 11.2. The molecule has 0 aliphatic carbocycles. The SMILES string of the molecule is O=C(O)CC[C@@H](NC(=O)N(O)C(CC(=O)NCc1ccccc1)C(=O)O)C(=O)O. The molecule has 2 atom stereocenters. The average Bonchev–Trinajstić information content (AvgIpc) is 2.67. The largest absolute Gasteiger partial charge is 0.481 e. The van der Waals surface area contributed by atoms with Gasteiger partial charge in [-0.1, -0.05) is 30.3 Å². The number of hydrogen-bond donors (Lipinski definition) is 6. The predicted molar refractivity (Wildman–Crippen MR) is 94.8 cm³/mol. The number of nitrogens with zero attached hydrogens (tertiary/aromatic N) is 1. The minimum atomic E-state index is -1.99. The fourth-order valence-corrected chi connectivity index (χ4v) is 2.20. The van der Waals surface area contributed by atoms with Gasteiger partial charge in [0.2, 0.25) is 5.91 Å². The lowest BCUT2D eigenvalue weighted by Crippen LogP contribution is -2.53. The van der Waals surface area contributed by atoms with Crippen LogP contribution >= 0.6 is 0 Å². The molecule has 12 nitrogen and oxygen atoms in total. The monoisotopic (exact) mass is 411 g/mol. The van der Waals surface area contributed by atoms with Crippen LogP contribution in [0.5, 0.6) is 0 Å². The molecule has 0 heterocycles. The summed E-state index contributed by atoms with van der Waals surface area (Å²) in [7, 11) is 0. The zero-order valence-corrected chi connectivity index (χ0v) is 15.1. The average molecular weight is 411 g/mol. The summed E-state index contributed by atoms with van der Waals surface area (Å²) in [6.07, 6.45) is -1.86. The van der Waals surface area contributed by atoms with Crippen LogP contribution in [0, 0.1) is 0 Å². The van der Waals surface area contributed by atoms with Gasteiger partial charge in [-0.25, -0.2) is 14.4 Å². The Labute approximate surface area is 164 Å². The lowest BCUT2D eigenvalue weighted by atomic mass is 10.1. The van der Waals surface area contributed by atoms with Gasteiger partial charge in [0.25, 0.3) is 0 Å². The molecule has 6 N–H and O–H groups in total. The van der Waals surface area contributed by atoms with E-state index in [4.69, 9.17) is 10.2 Å². The number of carbonyl (C=O) groups excluding carboxylic acids is 2. The topological polar surface area (TPSA) is 194 Å². The van der Waals surface area contributed by atoms with Gasteiger partial charge in [0.05, 0.1) is 6.42 Å². The van der Waals surface area contributed by atoms with Gasteiger partial charge in [0, 0.05) is 13.0 Å². The van der Waals surface area contributed by atoms with Crippen LogP contribution in [-0.2, 0) is 25.7 Å². The molecule has 1 rings (SSSR count). The molecule has 0 fully saturated rings. The summed E-state index contributed by atoms with van der Waals surface area (Å²) in [5.74, 6) is -5.34. The summed E-state index contributed by atoms with van der Waals surface area (Å²) in [5, 5.41) is 40.6. The van der Waals surface area contributed by atoms with E-state index in [-0.39, 0.29) is 11.6 Å². The second-order valence-electron chi connectivity index (χ2n) is 5.94. The fraction of sp³-hybridized carbons (Fsp3) is 0.353. The van der Waals surface area contributed by atoms with Crippen LogP contribution in [0.25, 0.3) is 0 Å². The molecule has 1 aromatic rings. The van der Waals surface area contributed by atoms with Crippen molar-refractivity contribution in [2.45, 2.75) is 37.9 Å². The maximum atomic E-state index is 12.0. The molecule has 12 heteroatoms. The van der Waals surface area contributed by atoms with Gasteiger partial charge in [-0.2, -0.15) is 5.06 Å². The summed E-state index contributed by atoms with van der Waals surface area (Å²) in [6, 6.07) is 3.55. The minimum absolute atomic E-state index is 0.0971. The molecule has 0 aliphatic rings. The fourth-order valence-electron chi connectivity index (χ4n) is 2.20. The maximum Gasteiger partial charge on any atom is 0.342 e. The Morgan fingerprint density at radius 3 is 2.10 bits per heavy atom. The molecular weight excluding hydrogens is 390 g/mol. The number of rotatable bonds is 11. The molecule has 0 bridgehead atoms. The van der Waals surface area contributed by atoms with Gasteiger partial charge in [0.1, 0.15) is 6.04 Å². The van der Waals surface area contributed by atoms with E-state index < -0.39 is 61.2 Å². The number of hydrogen-bond acceptors (Lipinski definition) is 6. The molecule has 0 radical (unpaired) electrons. The quantitative estimate of drug-likeness (QED) is 0.212. The Balaban J connectivity index is 2.69. The smallest absolute Gasteiger partial charge is 0.342 e. The first-order valence-corrected chi connectivity index (χ1v) is 8.38. The van der Waals surface area contributed by atoms with Crippen LogP contribution in [0.4, 0.5) is 4.79 Å². The van der Waals surface area contributed by atoms with Gasteiger partial charge in [-0.3, -0.25) is 14.8 Å². The van der Waals surface area contributed by atoms with Crippen molar-refractivity contribution >= 4 is 29.8 Å². The van der Waals surface area contributed by atoms with Gasteiger partial charge in [-0.05, 0) is 12.0 Å². The zero-order valence-electron chi connectivity index (χ0n) is 15.1. The number of carboxylic acids is 3. The highest BCUT2D eigenvalue weighted by molar-refractivity contribution is 5.89. The van der Waals surface area contributed by atoms with Crippen molar-refractivity contribution in [1.82, 2.24) is 15.7 Å². The maximum absolute atomic E-state index is 12.0. The van der Waals surface area contributed by atoms with E-state index in [9.17, 15) is 34.3 Å². The highest BCUT2D eigenvalue weighted by Gasteiger charge is 2.33. The third-order valence-corrected chi connectivity index (χ3v) is 3.74. The van der Waals surface area contributed by atoms with Crippen molar-refractivity contribution in [3.05, 3.63) is 35.9 Å². The number of nitrogens with one attached hydrogen (secondary N) is 2. The normalized spacial score (nSPS) is 12.3. The first-order valence-electron chi connectivity index (χ1n) is 8.38. The summed E-state index contributed by atoms with van der Waals surface area (Å²) < 4.78 is 0. The second-order valence-corrected chi connectivity index (χ2v) is 5.94. The van der Waals surface area contributed by atoms with Gasteiger partial charge < -0.3 is 26.0 Å². The number of benzene rings is 1. The Morgan fingerprint density at radius 2 is 1.59 bits per heavy atom. The molecule has 3 amide bonds. The van der Waals surface area contributed by atoms with Crippen molar-refractivity contribution in [3.8, 4) is 0 Å². The van der Waals surface area contributed by atoms with Crippen LogP contribution < -0.4 is 10.6 Å². The van der Waals surface area contributed by atoms with Crippen LogP contribution in [0.2, 0.25) is 0 Å². The van der Waals surface area contributed by atoms with Crippen LogP contribution in [0.1, 0.15) is 24.8 Å². The zero-order chi connectivity index (χ0) is 22.0. The lowest BCUT2D eigenvalue weighted by molar-refractivity contribution is -0.159. The van der Waals surface area contributed by atoms with Gasteiger partial charge in [-0.15, -0.1) is 0 Å². The van der Waals surface area contributed by atoms with E-state index in [1.807, 2.05) is 5.32 Å². The number of carboxylic acid groups (broad SMARTS) is 3. The van der Waals surface area contributed by atoms with E-state index in [2.05, 4.69) is 5.32 Å². The van der Waals surface area contributed by atoms with E-state index in [1.165, 1.54) is 0 Å². The Kier molecular flexibility index (Phi) is 9.05. The van der Waals surface area contributed by atoms with E-state index in [0.29, 0.717) is 0 Å². The molecule has 0 aromatic heterocycles. The Hall–Kier alpha value is -3.67. The third kappa shape index (κ3) is 8.26. The van der Waals surface area contributed by atoms with Gasteiger partial charge in [0.15, 0.2) is 6.04 Å². The van der Waals surface area contributed by atoms with Crippen LogP contribution in [0.15, 0.2) is 30.3 Å². The Bertz CT molecular complexity index is 754. The number of amides is 3. The molecule has 29 heavy (non-hydrogen) atoms. The first-order chi connectivity index (χ1) is 13.6. The molecule has 0 saturated heterocycles. The summed E-state index contributed by atoms with van der Waals surface area (Å²) in [6.45, 7) is 0.0971. The minimum Gasteiger partial charge on any atom is -0.481 e. The van der Waals surface area contributed by atoms with Crippen molar-refractivity contribution in [1.29, 1.82) is 0 Å². The lowest BCUT2D eigenvalue weighted by Gasteiger charge is -2.24. The van der Waals surface area contributed by atoms with Gasteiger partial charge >= 0.3 is 23.9 Å². The number of carbonyl (C=O) groups is 5. The first kappa shape index (κ1) is 23.4. The molecule has 1 aromatic carbocycles. The molecular formula is C17H21N3O9. The van der Waals surface area contributed by atoms with Crippen LogP contribution in [-0.4, -0.2) is 67.5 Å². The molecule has 158 valence electrons. The third-order valence-electron chi connectivity index (χ3n) is 3.74. The number of urea groups is 1. The molecule has 1 unspecified atom stereocenters. The predicted octanol–water partition coefficient (Wildman–Crippen LogP) is -0.135. The van der Waals surface area contributed by atoms with Crippen molar-refractivity contribution in [2.75, 3.05) is 0 Å². The molecule has 0 spiro atoms. The Morgan fingerprint density at radius 1 is 0.966 bits per heavy atom. The number of hydroxylamine groups is 2. The molecule has 0 saturated carbocycles. The summed E-state index contributed by atoms with van der Waals surface area (Å²) in [4.78, 5) is 56.9. The van der Waals surface area contributed by atoms with Crippen LogP contribution in [0.3, 0.4) is 0 Å². The van der Waals surface area contributed by atoms with E-state index in [0.717, 1.165) is 5.56 Å². The number of aliphatic carboxylic acids is 3. The summed E-state index contributed by atoms with van der Waals surface area (Å²) >= 11 is 0. The molecule has 0 aliphatic heterocycles. The van der Waals surface area contributed by atoms with Crippen molar-refractivity contribution in [2.24, 2.45) is 0 Å². The van der Waals surface area contributed by atoms with E-state index >= 15 is 0 Å².